The van der Waals surface area contributed by atoms with E-state index in [1.807, 2.05) is 6.92 Å². The van der Waals surface area contributed by atoms with Crippen LogP contribution >= 0.6 is 11.3 Å². The number of thiazole rings is 1. The first-order chi connectivity index (χ1) is 9.16. The second kappa shape index (κ2) is 7.01. The van der Waals surface area contributed by atoms with Crippen molar-refractivity contribution in [1.82, 2.24) is 10.3 Å². The van der Waals surface area contributed by atoms with Crippen molar-refractivity contribution < 1.29 is 4.79 Å². The molecule has 1 amide bonds. The van der Waals surface area contributed by atoms with Gasteiger partial charge in [0, 0.05) is 4.88 Å². The number of hydrogen-bond donors (Lipinski definition) is 2. The number of aromatic nitrogens is 1. The smallest absolute Gasteiger partial charge is 0.237 e. The lowest BCUT2D eigenvalue weighted by Crippen LogP contribution is -2.41. The summed E-state index contributed by atoms with van der Waals surface area (Å²) in [5, 5.41) is 2.92. The van der Waals surface area contributed by atoms with Gasteiger partial charge in [0.1, 0.15) is 0 Å². The molecule has 3 N–H and O–H groups in total. The Bertz CT molecular complexity index is 413. The molecule has 0 bridgehead atoms. The molecule has 1 aromatic heterocycles. The molecule has 0 aliphatic heterocycles. The molecule has 0 radical (unpaired) electrons. The van der Waals surface area contributed by atoms with E-state index in [1.54, 1.807) is 16.8 Å². The van der Waals surface area contributed by atoms with Crippen LogP contribution in [0.4, 0.5) is 0 Å². The predicted molar refractivity (Wildman–Crippen MR) is 77.9 cm³/mol. The number of nitrogens with one attached hydrogen (secondary N) is 1. The molecule has 1 unspecified atom stereocenters. The van der Waals surface area contributed by atoms with Gasteiger partial charge < -0.3 is 11.1 Å². The Balaban J connectivity index is 1.74. The lowest BCUT2D eigenvalue weighted by Gasteiger charge is -2.24. The highest BCUT2D eigenvalue weighted by atomic mass is 32.1. The first-order valence-corrected chi connectivity index (χ1v) is 7.97. The SMILES string of the molecule is Cc1ncsc1CNC(=O)C(N)CC1CCCCC1. The fourth-order valence-corrected chi connectivity index (χ4v) is 3.40. The molecule has 1 heterocycles. The monoisotopic (exact) mass is 281 g/mol. The molecule has 1 aromatic rings. The van der Waals surface area contributed by atoms with Gasteiger partial charge in [-0.2, -0.15) is 0 Å². The van der Waals surface area contributed by atoms with E-state index in [0.717, 1.165) is 17.0 Å². The van der Waals surface area contributed by atoms with Gasteiger partial charge in [-0.1, -0.05) is 32.1 Å². The molecule has 0 spiro atoms. The fraction of sp³-hybridized carbons (Fsp3) is 0.714. The van der Waals surface area contributed by atoms with Crippen LogP contribution in [0.1, 0.15) is 49.1 Å². The van der Waals surface area contributed by atoms with Gasteiger partial charge in [0.05, 0.1) is 23.8 Å². The summed E-state index contributed by atoms with van der Waals surface area (Å²) in [6.45, 7) is 2.51. The van der Waals surface area contributed by atoms with Gasteiger partial charge in [0.25, 0.3) is 0 Å². The maximum atomic E-state index is 12.0. The van der Waals surface area contributed by atoms with E-state index in [0.29, 0.717) is 12.5 Å². The third kappa shape index (κ3) is 4.28. The molecular formula is C14H23N3OS. The van der Waals surface area contributed by atoms with Crippen LogP contribution in [0, 0.1) is 12.8 Å². The summed E-state index contributed by atoms with van der Waals surface area (Å²) in [7, 11) is 0. The molecule has 0 aromatic carbocycles. The van der Waals surface area contributed by atoms with E-state index in [9.17, 15) is 4.79 Å². The largest absolute Gasteiger partial charge is 0.350 e. The Morgan fingerprint density at radius 1 is 1.53 bits per heavy atom. The van der Waals surface area contributed by atoms with Crippen molar-refractivity contribution in [2.45, 2.75) is 58.0 Å². The van der Waals surface area contributed by atoms with E-state index in [2.05, 4.69) is 10.3 Å². The van der Waals surface area contributed by atoms with Crippen LogP contribution in [0.25, 0.3) is 0 Å². The van der Waals surface area contributed by atoms with Crippen LogP contribution in [0.3, 0.4) is 0 Å². The summed E-state index contributed by atoms with van der Waals surface area (Å²) >= 11 is 1.57. The Morgan fingerprint density at radius 2 is 2.26 bits per heavy atom. The molecule has 1 aliphatic rings. The molecule has 0 saturated heterocycles. The number of nitrogens with zero attached hydrogens (tertiary/aromatic N) is 1. The average Bonchev–Trinajstić information content (AvgIpc) is 2.82. The standard InChI is InChI=1S/C14H23N3OS/c1-10-13(19-9-17-10)8-16-14(18)12(15)7-11-5-3-2-4-6-11/h9,11-12H,2-8,15H2,1H3,(H,16,18). The van der Waals surface area contributed by atoms with Crippen LogP contribution in [0.2, 0.25) is 0 Å². The minimum Gasteiger partial charge on any atom is -0.350 e. The van der Waals surface area contributed by atoms with Gasteiger partial charge in [-0.05, 0) is 19.3 Å². The molecule has 1 atom stereocenters. The van der Waals surface area contributed by atoms with Crippen LogP contribution in [-0.2, 0) is 11.3 Å². The molecule has 19 heavy (non-hydrogen) atoms. The van der Waals surface area contributed by atoms with Gasteiger partial charge in [0.2, 0.25) is 5.91 Å². The molecule has 2 rings (SSSR count). The summed E-state index contributed by atoms with van der Waals surface area (Å²) < 4.78 is 0. The summed E-state index contributed by atoms with van der Waals surface area (Å²) in [5.74, 6) is 0.609. The molecule has 1 fully saturated rings. The molecular weight excluding hydrogens is 258 g/mol. The molecule has 106 valence electrons. The average molecular weight is 281 g/mol. The van der Waals surface area contributed by atoms with Gasteiger partial charge in [-0.15, -0.1) is 11.3 Å². The van der Waals surface area contributed by atoms with Gasteiger partial charge in [-0.3, -0.25) is 4.79 Å². The second-order valence-electron chi connectivity index (χ2n) is 5.42. The maximum absolute atomic E-state index is 12.0. The first-order valence-electron chi connectivity index (χ1n) is 7.09. The maximum Gasteiger partial charge on any atom is 0.237 e. The van der Waals surface area contributed by atoms with Crippen molar-refractivity contribution in [2.24, 2.45) is 11.7 Å². The zero-order valence-corrected chi connectivity index (χ0v) is 12.3. The molecule has 4 nitrogen and oxygen atoms in total. The van der Waals surface area contributed by atoms with Crippen LogP contribution < -0.4 is 11.1 Å². The van der Waals surface area contributed by atoms with Crippen molar-refractivity contribution in [3.8, 4) is 0 Å². The zero-order chi connectivity index (χ0) is 13.7. The first kappa shape index (κ1) is 14.5. The molecule has 5 heteroatoms. The lowest BCUT2D eigenvalue weighted by molar-refractivity contribution is -0.122. The zero-order valence-electron chi connectivity index (χ0n) is 11.5. The summed E-state index contributed by atoms with van der Waals surface area (Å²) in [4.78, 5) is 17.2. The van der Waals surface area contributed by atoms with Crippen molar-refractivity contribution >= 4 is 17.2 Å². The fourth-order valence-electron chi connectivity index (χ4n) is 2.68. The van der Waals surface area contributed by atoms with Crippen LogP contribution in [-0.4, -0.2) is 16.9 Å². The van der Waals surface area contributed by atoms with E-state index < -0.39 is 0 Å². The normalized spacial score (nSPS) is 18.2. The number of carbonyl (C=O) groups is 1. The summed E-state index contributed by atoms with van der Waals surface area (Å²) in [6.07, 6.45) is 7.21. The second-order valence-corrected chi connectivity index (χ2v) is 6.36. The third-order valence-electron chi connectivity index (χ3n) is 3.92. The van der Waals surface area contributed by atoms with Gasteiger partial charge >= 0.3 is 0 Å². The number of aryl methyl sites for hydroxylation is 1. The number of nitrogens with two attached hydrogens (primary N) is 1. The topological polar surface area (TPSA) is 68.0 Å². The van der Waals surface area contributed by atoms with E-state index in [-0.39, 0.29) is 11.9 Å². The molecule has 1 saturated carbocycles. The Morgan fingerprint density at radius 3 is 2.89 bits per heavy atom. The van der Waals surface area contributed by atoms with Gasteiger partial charge in [0.15, 0.2) is 0 Å². The summed E-state index contributed by atoms with van der Waals surface area (Å²) in [5.41, 5.74) is 8.80. The van der Waals surface area contributed by atoms with Gasteiger partial charge in [-0.25, -0.2) is 4.98 Å². The Labute approximate surface area is 118 Å². The number of amides is 1. The number of carbonyl (C=O) groups excluding carboxylic acids is 1. The Hall–Kier alpha value is -0.940. The summed E-state index contributed by atoms with van der Waals surface area (Å²) in [6, 6.07) is -0.365. The van der Waals surface area contributed by atoms with E-state index in [1.165, 1.54) is 32.1 Å². The molecule has 1 aliphatic carbocycles. The van der Waals surface area contributed by atoms with E-state index in [4.69, 9.17) is 5.73 Å². The van der Waals surface area contributed by atoms with Crippen molar-refractivity contribution in [3.05, 3.63) is 16.1 Å². The highest BCUT2D eigenvalue weighted by Gasteiger charge is 2.21. The highest BCUT2D eigenvalue weighted by molar-refractivity contribution is 7.09. The highest BCUT2D eigenvalue weighted by Crippen LogP contribution is 2.26. The van der Waals surface area contributed by atoms with Crippen molar-refractivity contribution in [1.29, 1.82) is 0 Å². The quantitative estimate of drug-likeness (QED) is 0.870. The Kier molecular flexibility index (Phi) is 5.34. The lowest BCUT2D eigenvalue weighted by atomic mass is 9.85. The van der Waals surface area contributed by atoms with Crippen LogP contribution in [0.5, 0.6) is 0 Å². The minimum absolute atomic E-state index is 0.0293. The number of hydrogen-bond acceptors (Lipinski definition) is 4. The number of rotatable bonds is 5. The predicted octanol–water partition coefficient (Wildman–Crippen LogP) is 2.37. The minimum atomic E-state index is -0.365. The van der Waals surface area contributed by atoms with E-state index >= 15 is 0 Å². The van der Waals surface area contributed by atoms with Crippen molar-refractivity contribution in [2.75, 3.05) is 0 Å². The van der Waals surface area contributed by atoms with Crippen molar-refractivity contribution in [3.63, 3.8) is 0 Å². The van der Waals surface area contributed by atoms with Crippen LogP contribution in [0.15, 0.2) is 5.51 Å². The third-order valence-corrected chi connectivity index (χ3v) is 4.85.